The Morgan fingerprint density at radius 1 is 0.364 bits per heavy atom. The third-order valence-electron chi connectivity index (χ3n) is 8.80. The molecule has 0 N–H and O–H groups in total. The van der Waals surface area contributed by atoms with Crippen molar-refractivity contribution in [1.82, 2.24) is 9.97 Å². The van der Waals surface area contributed by atoms with Crippen LogP contribution in [0.4, 0.5) is 0 Å². The van der Waals surface area contributed by atoms with Crippen LogP contribution in [0, 0.1) is 13.8 Å². The van der Waals surface area contributed by atoms with E-state index in [1.807, 2.05) is 0 Å². The van der Waals surface area contributed by atoms with Crippen molar-refractivity contribution < 1.29 is 0 Å². The van der Waals surface area contributed by atoms with Gasteiger partial charge in [0.15, 0.2) is 0 Å². The highest BCUT2D eigenvalue weighted by molar-refractivity contribution is 5.98. The fraction of sp³-hybridized carbons (Fsp3) is 0.0476. The van der Waals surface area contributed by atoms with E-state index in [4.69, 9.17) is 9.97 Å². The summed E-state index contributed by atoms with van der Waals surface area (Å²) in [5.41, 5.74) is 13.0. The second-order valence-electron chi connectivity index (χ2n) is 11.6. The van der Waals surface area contributed by atoms with Crippen LogP contribution in [0.5, 0.6) is 0 Å². The zero-order valence-electron chi connectivity index (χ0n) is 24.8. The average molecular weight is 563 g/mol. The van der Waals surface area contributed by atoms with Gasteiger partial charge in [-0.2, -0.15) is 0 Å². The predicted octanol–water partition coefficient (Wildman–Crippen LogP) is 11.2. The van der Waals surface area contributed by atoms with Crippen LogP contribution < -0.4 is 0 Å². The second-order valence-corrected chi connectivity index (χ2v) is 11.6. The summed E-state index contributed by atoms with van der Waals surface area (Å²) in [4.78, 5) is 10.5. The quantitative estimate of drug-likeness (QED) is 0.213. The zero-order chi connectivity index (χ0) is 29.6. The third-order valence-corrected chi connectivity index (χ3v) is 8.80. The third kappa shape index (κ3) is 4.53. The van der Waals surface area contributed by atoms with Gasteiger partial charge in [0.2, 0.25) is 0 Å². The maximum atomic E-state index is 5.24. The molecule has 2 nitrogen and oxygen atoms in total. The summed E-state index contributed by atoms with van der Waals surface area (Å²) in [5, 5.41) is 5.00. The van der Waals surface area contributed by atoms with E-state index >= 15 is 0 Å². The Morgan fingerprint density at radius 2 is 0.727 bits per heavy atom. The zero-order valence-corrected chi connectivity index (χ0v) is 24.8. The number of rotatable bonds is 4. The lowest BCUT2D eigenvalue weighted by atomic mass is 9.95. The molecule has 0 amide bonds. The maximum Gasteiger partial charge on any atom is 0.0973 e. The maximum absolute atomic E-state index is 5.24. The van der Waals surface area contributed by atoms with E-state index in [1.54, 1.807) is 0 Å². The Kier molecular flexibility index (Phi) is 6.27. The summed E-state index contributed by atoms with van der Waals surface area (Å²) in [6, 6.07) is 51.9. The van der Waals surface area contributed by atoms with Crippen molar-refractivity contribution in [2.24, 2.45) is 0 Å². The van der Waals surface area contributed by atoms with Gasteiger partial charge < -0.3 is 0 Å². The van der Waals surface area contributed by atoms with Crippen LogP contribution in [0.2, 0.25) is 0 Å². The Balaban J connectivity index is 1.25. The fourth-order valence-corrected chi connectivity index (χ4v) is 6.28. The second kappa shape index (κ2) is 10.6. The van der Waals surface area contributed by atoms with Gasteiger partial charge in [0.1, 0.15) is 0 Å². The van der Waals surface area contributed by atoms with E-state index in [0.29, 0.717) is 0 Å². The molecule has 1 aromatic heterocycles. The van der Waals surface area contributed by atoms with Gasteiger partial charge in [-0.05, 0) is 80.9 Å². The first-order valence-corrected chi connectivity index (χ1v) is 15.1. The summed E-state index contributed by atoms with van der Waals surface area (Å²) < 4.78 is 0. The van der Waals surface area contributed by atoms with Gasteiger partial charge >= 0.3 is 0 Å². The van der Waals surface area contributed by atoms with Crippen molar-refractivity contribution >= 4 is 32.6 Å². The lowest BCUT2D eigenvalue weighted by Crippen LogP contribution is -1.97. The molecule has 0 saturated carbocycles. The Morgan fingerprint density at radius 3 is 1.16 bits per heavy atom. The molecule has 0 aliphatic rings. The number of hydrogen-bond donors (Lipinski definition) is 0. The number of hydrogen-bond acceptors (Lipinski definition) is 2. The SMILES string of the molecule is Cc1cc2nc(-c3ccc(-c4cccc5ccccc45)cc3)c(-c3ccc(-c4cccc5ccccc45)cc3)nc2cc1C. The first-order chi connectivity index (χ1) is 21.6. The molecule has 0 saturated heterocycles. The van der Waals surface area contributed by atoms with E-state index < -0.39 is 0 Å². The summed E-state index contributed by atoms with van der Waals surface area (Å²) in [6.45, 7) is 4.27. The van der Waals surface area contributed by atoms with Crippen molar-refractivity contribution in [3.05, 3.63) is 157 Å². The molecule has 44 heavy (non-hydrogen) atoms. The van der Waals surface area contributed by atoms with Crippen LogP contribution in [0.1, 0.15) is 11.1 Å². The molecular formula is C42H30N2. The van der Waals surface area contributed by atoms with Gasteiger partial charge in [-0.3, -0.25) is 0 Å². The predicted molar refractivity (Wildman–Crippen MR) is 186 cm³/mol. The molecule has 1 heterocycles. The highest BCUT2D eigenvalue weighted by Gasteiger charge is 2.15. The molecule has 0 atom stereocenters. The van der Waals surface area contributed by atoms with Crippen molar-refractivity contribution in [2.45, 2.75) is 13.8 Å². The fourth-order valence-electron chi connectivity index (χ4n) is 6.28. The van der Waals surface area contributed by atoms with Gasteiger partial charge in [-0.15, -0.1) is 0 Å². The number of nitrogens with zero attached hydrogens (tertiary/aromatic N) is 2. The van der Waals surface area contributed by atoms with Crippen LogP contribution in [0.15, 0.2) is 146 Å². The molecule has 0 radical (unpaired) electrons. The summed E-state index contributed by atoms with van der Waals surface area (Å²) in [6.07, 6.45) is 0. The highest BCUT2D eigenvalue weighted by atomic mass is 14.8. The van der Waals surface area contributed by atoms with Gasteiger partial charge in [-0.25, -0.2) is 9.97 Å². The summed E-state index contributed by atoms with van der Waals surface area (Å²) in [7, 11) is 0. The van der Waals surface area contributed by atoms with Crippen molar-refractivity contribution in [3.8, 4) is 44.8 Å². The van der Waals surface area contributed by atoms with E-state index in [-0.39, 0.29) is 0 Å². The van der Waals surface area contributed by atoms with Gasteiger partial charge in [-0.1, -0.05) is 133 Å². The topological polar surface area (TPSA) is 25.8 Å². The van der Waals surface area contributed by atoms with Gasteiger partial charge in [0, 0.05) is 11.1 Å². The summed E-state index contributed by atoms with van der Waals surface area (Å²) >= 11 is 0. The first kappa shape index (κ1) is 26.1. The monoisotopic (exact) mass is 562 g/mol. The van der Waals surface area contributed by atoms with E-state index in [1.165, 1.54) is 54.9 Å². The highest BCUT2D eigenvalue weighted by Crippen LogP contribution is 2.36. The van der Waals surface area contributed by atoms with Crippen LogP contribution in [0.25, 0.3) is 77.3 Å². The Hall–Kier alpha value is -5.60. The van der Waals surface area contributed by atoms with Gasteiger partial charge in [0.25, 0.3) is 0 Å². The number of aryl methyl sites for hydroxylation is 2. The lowest BCUT2D eigenvalue weighted by molar-refractivity contribution is 1.26. The minimum atomic E-state index is 0.892. The average Bonchev–Trinajstić information content (AvgIpc) is 3.08. The van der Waals surface area contributed by atoms with Crippen LogP contribution in [-0.2, 0) is 0 Å². The standard InChI is InChI=1S/C42H30N2/c1-27-25-39-40(26-28(27)2)44-42(34-23-19-32(20-24-34)38-16-8-12-30-10-4-6-14-36(30)38)41(43-39)33-21-17-31(18-22-33)37-15-7-11-29-9-3-5-13-35(29)37/h3-26H,1-2H3. The van der Waals surface area contributed by atoms with Crippen molar-refractivity contribution in [3.63, 3.8) is 0 Å². The number of aromatic nitrogens is 2. The minimum Gasteiger partial charge on any atom is -0.244 e. The van der Waals surface area contributed by atoms with Crippen LogP contribution in [-0.4, -0.2) is 9.97 Å². The minimum absolute atomic E-state index is 0.892. The van der Waals surface area contributed by atoms with E-state index in [9.17, 15) is 0 Å². The molecule has 0 spiro atoms. The smallest absolute Gasteiger partial charge is 0.0973 e. The van der Waals surface area contributed by atoms with E-state index in [2.05, 4.69) is 159 Å². The van der Waals surface area contributed by atoms with Crippen molar-refractivity contribution in [1.29, 1.82) is 0 Å². The van der Waals surface area contributed by atoms with E-state index in [0.717, 1.165) is 33.5 Å². The van der Waals surface area contributed by atoms with Crippen molar-refractivity contribution in [2.75, 3.05) is 0 Å². The summed E-state index contributed by atoms with van der Waals surface area (Å²) in [5.74, 6) is 0. The lowest BCUT2D eigenvalue weighted by Gasteiger charge is -2.14. The molecular weight excluding hydrogens is 532 g/mol. The van der Waals surface area contributed by atoms with Crippen LogP contribution >= 0.6 is 0 Å². The molecule has 0 aliphatic heterocycles. The molecule has 0 aliphatic carbocycles. The molecule has 2 heteroatoms. The molecule has 0 fully saturated rings. The first-order valence-electron chi connectivity index (χ1n) is 15.1. The Labute approximate surface area is 257 Å². The van der Waals surface area contributed by atoms with Gasteiger partial charge in [0.05, 0.1) is 22.4 Å². The largest absolute Gasteiger partial charge is 0.244 e. The molecule has 8 rings (SSSR count). The molecule has 208 valence electrons. The molecule has 0 bridgehead atoms. The normalized spacial score (nSPS) is 11.4. The van der Waals surface area contributed by atoms with Crippen LogP contribution in [0.3, 0.4) is 0 Å². The molecule has 7 aromatic carbocycles. The number of fused-ring (bicyclic) bond motifs is 3. The number of benzene rings is 7. The molecule has 0 unspecified atom stereocenters. The Bertz CT molecular complexity index is 2150. The molecule has 8 aromatic rings.